The van der Waals surface area contributed by atoms with Gasteiger partial charge in [-0.15, -0.1) is 0 Å². The zero-order chi connectivity index (χ0) is 23.1. The first-order chi connectivity index (χ1) is 15.9. The summed E-state index contributed by atoms with van der Waals surface area (Å²) in [7, 11) is 1.83. The summed E-state index contributed by atoms with van der Waals surface area (Å²) in [6.45, 7) is -0.593. The number of nitrogens with zero attached hydrogens (tertiary/aromatic N) is 5. The van der Waals surface area contributed by atoms with E-state index in [-0.39, 0.29) is 11.5 Å². The SMILES string of the molecule is Cn1cc2cc(-n3cc4cnc(NCC(F)F)nc4c(-c4ccc(Cl)cc4)c3=O)ccc2n1. The summed E-state index contributed by atoms with van der Waals surface area (Å²) in [6, 6.07) is 12.3. The Labute approximate surface area is 191 Å². The number of benzene rings is 2. The molecule has 1 N–H and O–H groups in total. The van der Waals surface area contributed by atoms with Crippen LogP contribution in [0.3, 0.4) is 0 Å². The summed E-state index contributed by atoms with van der Waals surface area (Å²) >= 11 is 6.04. The van der Waals surface area contributed by atoms with Gasteiger partial charge in [0.15, 0.2) is 0 Å². The molecule has 7 nitrogen and oxygen atoms in total. The van der Waals surface area contributed by atoms with Crippen molar-refractivity contribution in [2.75, 3.05) is 11.9 Å². The molecule has 5 aromatic rings. The van der Waals surface area contributed by atoms with Gasteiger partial charge in [-0.25, -0.2) is 18.7 Å². The number of anilines is 1. The highest BCUT2D eigenvalue weighted by atomic mass is 35.5. The lowest BCUT2D eigenvalue weighted by molar-refractivity contribution is 0.163. The Bertz CT molecular complexity index is 1550. The molecular weight excluding hydrogens is 450 g/mol. The predicted molar refractivity (Wildman–Crippen MR) is 124 cm³/mol. The van der Waals surface area contributed by atoms with Gasteiger partial charge in [0.2, 0.25) is 5.95 Å². The molecule has 0 saturated heterocycles. The van der Waals surface area contributed by atoms with Gasteiger partial charge >= 0.3 is 0 Å². The number of rotatable bonds is 5. The highest BCUT2D eigenvalue weighted by molar-refractivity contribution is 6.30. The van der Waals surface area contributed by atoms with E-state index in [0.717, 1.165) is 10.9 Å². The summed E-state index contributed by atoms with van der Waals surface area (Å²) in [6.07, 6.45) is 2.46. The Morgan fingerprint density at radius 3 is 2.64 bits per heavy atom. The monoisotopic (exact) mass is 466 g/mol. The minimum absolute atomic E-state index is 0.0203. The van der Waals surface area contributed by atoms with Crippen LogP contribution >= 0.6 is 11.6 Å². The van der Waals surface area contributed by atoms with Crippen LogP contribution in [0, 0.1) is 0 Å². The lowest BCUT2D eigenvalue weighted by Crippen LogP contribution is -2.21. The van der Waals surface area contributed by atoms with Crippen molar-refractivity contribution in [2.24, 2.45) is 7.05 Å². The highest BCUT2D eigenvalue weighted by Gasteiger charge is 2.17. The van der Waals surface area contributed by atoms with Crippen LogP contribution in [0.1, 0.15) is 0 Å². The van der Waals surface area contributed by atoms with Gasteiger partial charge in [-0.3, -0.25) is 14.0 Å². The Balaban J connectivity index is 1.75. The minimum atomic E-state index is -2.56. The average molecular weight is 467 g/mol. The van der Waals surface area contributed by atoms with Gasteiger partial charge in [0.1, 0.15) is 0 Å². The zero-order valence-electron chi connectivity index (χ0n) is 17.3. The lowest BCUT2D eigenvalue weighted by Gasteiger charge is -2.13. The summed E-state index contributed by atoms with van der Waals surface area (Å²) in [5, 5.41) is 8.86. The molecule has 0 aliphatic heterocycles. The number of fused-ring (bicyclic) bond motifs is 2. The molecule has 0 saturated carbocycles. The van der Waals surface area contributed by atoms with Crippen molar-refractivity contribution < 1.29 is 8.78 Å². The molecule has 33 heavy (non-hydrogen) atoms. The number of aryl methyl sites for hydroxylation is 1. The average Bonchev–Trinajstić information content (AvgIpc) is 3.17. The molecular formula is C23H17ClF2N6O. The molecule has 0 amide bonds. The normalized spacial score (nSPS) is 11.5. The molecule has 0 radical (unpaired) electrons. The van der Waals surface area contributed by atoms with Gasteiger partial charge in [-0.2, -0.15) is 5.10 Å². The second kappa shape index (κ2) is 8.25. The molecule has 0 aliphatic rings. The lowest BCUT2D eigenvalue weighted by atomic mass is 10.0. The van der Waals surface area contributed by atoms with Crippen molar-refractivity contribution >= 4 is 39.4 Å². The Morgan fingerprint density at radius 1 is 1.09 bits per heavy atom. The van der Waals surface area contributed by atoms with Gasteiger partial charge in [0.25, 0.3) is 12.0 Å². The van der Waals surface area contributed by atoms with E-state index < -0.39 is 13.0 Å². The van der Waals surface area contributed by atoms with Crippen LogP contribution in [0.15, 0.2) is 65.8 Å². The van der Waals surface area contributed by atoms with Crippen LogP contribution in [0.4, 0.5) is 14.7 Å². The van der Waals surface area contributed by atoms with Crippen molar-refractivity contribution in [3.63, 3.8) is 0 Å². The van der Waals surface area contributed by atoms with Crippen LogP contribution in [0.5, 0.6) is 0 Å². The molecule has 5 rings (SSSR count). The fraction of sp³-hybridized carbons (Fsp3) is 0.130. The molecule has 2 aromatic carbocycles. The van der Waals surface area contributed by atoms with E-state index >= 15 is 0 Å². The van der Waals surface area contributed by atoms with Crippen LogP contribution in [0.2, 0.25) is 5.02 Å². The topological polar surface area (TPSA) is 77.6 Å². The van der Waals surface area contributed by atoms with Crippen molar-refractivity contribution in [2.45, 2.75) is 6.43 Å². The first-order valence-corrected chi connectivity index (χ1v) is 10.4. The van der Waals surface area contributed by atoms with E-state index in [9.17, 15) is 13.6 Å². The number of hydrogen-bond donors (Lipinski definition) is 1. The largest absolute Gasteiger partial charge is 0.348 e. The fourth-order valence-corrected chi connectivity index (χ4v) is 3.84. The molecule has 3 heterocycles. The van der Waals surface area contributed by atoms with E-state index in [2.05, 4.69) is 20.4 Å². The highest BCUT2D eigenvalue weighted by Crippen LogP contribution is 2.27. The molecule has 0 atom stereocenters. The quantitative estimate of drug-likeness (QED) is 0.407. The molecule has 10 heteroatoms. The maximum absolute atomic E-state index is 13.7. The van der Waals surface area contributed by atoms with Crippen LogP contribution in [-0.2, 0) is 7.05 Å². The van der Waals surface area contributed by atoms with Gasteiger partial charge in [-0.1, -0.05) is 23.7 Å². The minimum Gasteiger partial charge on any atom is -0.348 e. The van der Waals surface area contributed by atoms with Crippen molar-refractivity contribution in [3.05, 3.63) is 76.4 Å². The number of hydrogen-bond acceptors (Lipinski definition) is 5. The third-order valence-electron chi connectivity index (χ3n) is 5.18. The van der Waals surface area contributed by atoms with Gasteiger partial charge in [0, 0.05) is 47.1 Å². The maximum atomic E-state index is 13.7. The van der Waals surface area contributed by atoms with E-state index in [1.807, 2.05) is 31.4 Å². The molecule has 166 valence electrons. The third-order valence-corrected chi connectivity index (χ3v) is 5.43. The van der Waals surface area contributed by atoms with E-state index in [0.29, 0.717) is 32.7 Å². The predicted octanol–water partition coefficient (Wildman–Crippen LogP) is 4.66. The standard InChI is InChI=1S/C23H17ClF2N6O/c1-31-11-14-8-17(6-7-18(14)30-31)32-12-15-9-27-23(28-10-19(25)26)29-21(15)20(22(32)33)13-2-4-16(24)5-3-13/h2-9,11-12,19H,10H2,1H3,(H,28,29). The summed E-state index contributed by atoms with van der Waals surface area (Å²) in [4.78, 5) is 22.2. The fourth-order valence-electron chi connectivity index (χ4n) is 3.71. The molecule has 3 aromatic heterocycles. The Hall–Kier alpha value is -3.85. The number of pyridine rings is 1. The molecule has 0 aliphatic carbocycles. The Morgan fingerprint density at radius 2 is 1.88 bits per heavy atom. The van der Waals surface area contributed by atoms with Crippen molar-refractivity contribution in [3.8, 4) is 16.8 Å². The smallest absolute Gasteiger partial charge is 0.265 e. The molecule has 0 unspecified atom stereocenters. The summed E-state index contributed by atoms with van der Waals surface area (Å²) in [5.74, 6) is 0.0203. The van der Waals surface area contributed by atoms with E-state index in [1.165, 1.54) is 10.8 Å². The first kappa shape index (κ1) is 21.0. The van der Waals surface area contributed by atoms with Crippen molar-refractivity contribution in [1.82, 2.24) is 24.3 Å². The first-order valence-electron chi connectivity index (χ1n) is 10.0. The third kappa shape index (κ3) is 4.03. The van der Waals surface area contributed by atoms with Crippen molar-refractivity contribution in [1.29, 1.82) is 0 Å². The van der Waals surface area contributed by atoms with E-state index in [4.69, 9.17) is 11.6 Å². The molecule has 0 spiro atoms. The summed E-state index contributed by atoms with van der Waals surface area (Å²) < 4.78 is 28.5. The number of nitrogens with one attached hydrogen (secondary N) is 1. The van der Waals surface area contributed by atoms with Gasteiger partial charge < -0.3 is 5.32 Å². The molecule has 0 bridgehead atoms. The number of halogens is 3. The zero-order valence-corrected chi connectivity index (χ0v) is 18.1. The van der Waals surface area contributed by atoms with E-state index in [1.54, 1.807) is 35.1 Å². The van der Waals surface area contributed by atoms with Crippen LogP contribution < -0.4 is 10.9 Å². The Kier molecular flexibility index (Phi) is 5.26. The summed E-state index contributed by atoms with van der Waals surface area (Å²) in [5.41, 5.74) is 2.42. The van der Waals surface area contributed by atoms with Gasteiger partial charge in [0.05, 0.1) is 23.1 Å². The van der Waals surface area contributed by atoms with Gasteiger partial charge in [-0.05, 0) is 35.9 Å². The second-order valence-electron chi connectivity index (χ2n) is 7.50. The maximum Gasteiger partial charge on any atom is 0.265 e. The number of alkyl halides is 2. The molecule has 0 fully saturated rings. The number of aromatic nitrogens is 5. The van der Waals surface area contributed by atoms with Crippen LogP contribution in [0.25, 0.3) is 38.6 Å². The second-order valence-corrected chi connectivity index (χ2v) is 7.94. The van der Waals surface area contributed by atoms with Crippen LogP contribution in [-0.4, -0.2) is 37.3 Å².